The first-order valence-corrected chi connectivity index (χ1v) is 10.9. The number of rotatable bonds is 6. The number of nitrogens with zero attached hydrogens (tertiary/aromatic N) is 3. The monoisotopic (exact) mass is 427 g/mol. The molecule has 1 aliphatic carbocycles. The molecule has 1 heterocycles. The van der Waals surface area contributed by atoms with Crippen LogP contribution in [0.1, 0.15) is 40.7 Å². The highest BCUT2D eigenvalue weighted by atomic mass is 35.5. The molecule has 2 aromatic carbocycles. The molecule has 0 unspecified atom stereocenters. The number of halogens is 1. The maximum atomic E-state index is 12.9. The summed E-state index contributed by atoms with van der Waals surface area (Å²) >= 11 is 7.57. The minimum absolute atomic E-state index is 0.132. The quantitative estimate of drug-likeness (QED) is 0.545. The number of hydrogen-bond donors (Lipinski definition) is 0. The van der Waals surface area contributed by atoms with Crippen LogP contribution in [0.3, 0.4) is 0 Å². The summed E-state index contributed by atoms with van der Waals surface area (Å²) in [6, 6.07) is 13.4. The number of aryl methyl sites for hydroxylation is 2. The van der Waals surface area contributed by atoms with E-state index in [0.717, 1.165) is 46.3 Å². The van der Waals surface area contributed by atoms with Crippen molar-refractivity contribution in [3.63, 3.8) is 0 Å². The molecule has 0 bridgehead atoms. The molecule has 150 valence electrons. The Hall–Kier alpha value is -2.31. The van der Waals surface area contributed by atoms with Gasteiger partial charge in [-0.3, -0.25) is 4.79 Å². The van der Waals surface area contributed by atoms with Crippen LogP contribution in [0.15, 0.2) is 47.6 Å². The average Bonchev–Trinajstić information content (AvgIpc) is 3.12. The molecule has 4 rings (SSSR count). The topological polar surface area (TPSA) is 57.0 Å². The zero-order valence-corrected chi connectivity index (χ0v) is 18.0. The highest BCUT2D eigenvalue weighted by molar-refractivity contribution is 8.00. The number of ketones is 1. The molecule has 29 heavy (non-hydrogen) atoms. The van der Waals surface area contributed by atoms with Gasteiger partial charge >= 0.3 is 0 Å². The zero-order chi connectivity index (χ0) is 20.4. The largest absolute Gasteiger partial charge is 0.486 e. The lowest BCUT2D eigenvalue weighted by Gasteiger charge is -2.22. The van der Waals surface area contributed by atoms with Crippen molar-refractivity contribution in [2.24, 2.45) is 0 Å². The Kier molecular flexibility index (Phi) is 5.92. The van der Waals surface area contributed by atoms with Crippen LogP contribution >= 0.6 is 23.4 Å². The third-order valence-electron chi connectivity index (χ3n) is 5.11. The number of carbonyl (C=O) groups excluding carboxylic acids is 1. The zero-order valence-electron chi connectivity index (χ0n) is 16.4. The van der Waals surface area contributed by atoms with E-state index in [1.807, 2.05) is 60.9 Å². The maximum Gasteiger partial charge on any atom is 0.192 e. The van der Waals surface area contributed by atoms with Crippen molar-refractivity contribution in [1.82, 2.24) is 14.8 Å². The summed E-state index contributed by atoms with van der Waals surface area (Å²) in [5.74, 6) is 1.66. The van der Waals surface area contributed by atoms with Gasteiger partial charge in [-0.1, -0.05) is 47.6 Å². The van der Waals surface area contributed by atoms with Gasteiger partial charge < -0.3 is 9.30 Å². The van der Waals surface area contributed by atoms with Gasteiger partial charge in [0.2, 0.25) is 0 Å². The smallest absolute Gasteiger partial charge is 0.192 e. The van der Waals surface area contributed by atoms with Crippen LogP contribution in [0.5, 0.6) is 5.75 Å². The van der Waals surface area contributed by atoms with Crippen LogP contribution in [0.2, 0.25) is 5.02 Å². The van der Waals surface area contributed by atoms with Crippen molar-refractivity contribution < 1.29 is 9.53 Å². The number of hydrogen-bond acceptors (Lipinski definition) is 5. The molecule has 1 aromatic heterocycles. The minimum atomic E-state index is -0.132. The van der Waals surface area contributed by atoms with E-state index in [0.29, 0.717) is 18.2 Å². The Morgan fingerprint density at radius 1 is 1.24 bits per heavy atom. The number of thioether (sulfide) groups is 1. The van der Waals surface area contributed by atoms with Gasteiger partial charge in [0, 0.05) is 17.1 Å². The molecule has 1 aliphatic rings. The summed E-state index contributed by atoms with van der Waals surface area (Å²) in [6.45, 7) is 5.01. The summed E-state index contributed by atoms with van der Waals surface area (Å²) in [5, 5.41) is 9.99. The van der Waals surface area contributed by atoms with E-state index in [1.165, 1.54) is 11.8 Å². The van der Waals surface area contributed by atoms with Crippen LogP contribution in [-0.2, 0) is 19.6 Å². The highest BCUT2D eigenvalue weighted by Crippen LogP contribution is 2.33. The van der Waals surface area contributed by atoms with E-state index in [4.69, 9.17) is 16.3 Å². The molecule has 0 fully saturated rings. The molecule has 0 amide bonds. The number of benzene rings is 2. The van der Waals surface area contributed by atoms with Gasteiger partial charge in [0.25, 0.3) is 0 Å². The van der Waals surface area contributed by atoms with Crippen LogP contribution in [0.4, 0.5) is 0 Å². The van der Waals surface area contributed by atoms with E-state index >= 15 is 0 Å². The summed E-state index contributed by atoms with van der Waals surface area (Å²) in [5.41, 5.74) is 2.94. The van der Waals surface area contributed by atoms with Crippen molar-refractivity contribution >= 4 is 29.1 Å². The number of carbonyl (C=O) groups is 1. The van der Waals surface area contributed by atoms with Gasteiger partial charge in [0.05, 0.1) is 5.25 Å². The Balaban J connectivity index is 1.47. The second-order valence-corrected chi connectivity index (χ2v) is 8.59. The first-order valence-electron chi connectivity index (χ1n) is 9.66. The Labute approximate surface area is 179 Å². The molecule has 7 heteroatoms. The summed E-state index contributed by atoms with van der Waals surface area (Å²) in [7, 11) is 0. The SMILES string of the molecule is CCn1c(COc2ccc(Cl)c(C)c2)nnc1S[C@H]1CCc2ccccc2C1=O. The third kappa shape index (κ3) is 4.19. The lowest BCUT2D eigenvalue weighted by atomic mass is 9.90. The minimum Gasteiger partial charge on any atom is -0.486 e. The molecular weight excluding hydrogens is 406 g/mol. The van der Waals surface area contributed by atoms with E-state index in [2.05, 4.69) is 10.2 Å². The van der Waals surface area contributed by atoms with Crippen LogP contribution < -0.4 is 4.74 Å². The third-order valence-corrected chi connectivity index (χ3v) is 6.78. The lowest BCUT2D eigenvalue weighted by Crippen LogP contribution is -2.25. The highest BCUT2D eigenvalue weighted by Gasteiger charge is 2.29. The first kappa shape index (κ1) is 20.0. The van der Waals surface area contributed by atoms with Crippen molar-refractivity contribution in [2.75, 3.05) is 0 Å². The lowest BCUT2D eigenvalue weighted by molar-refractivity contribution is 0.0979. The fourth-order valence-electron chi connectivity index (χ4n) is 3.49. The standard InChI is InChI=1S/C22H22ClN3O2S/c1-3-26-20(13-28-16-9-10-18(23)14(2)12-16)24-25-22(26)29-19-11-8-15-6-4-5-7-17(15)21(19)27/h4-7,9-10,12,19H,3,8,11,13H2,1-2H3/t19-/m0/s1. The molecule has 5 nitrogen and oxygen atoms in total. The van der Waals surface area contributed by atoms with Gasteiger partial charge in [-0.2, -0.15) is 0 Å². The van der Waals surface area contributed by atoms with Crippen LogP contribution in [0.25, 0.3) is 0 Å². The molecule has 0 saturated heterocycles. The van der Waals surface area contributed by atoms with Gasteiger partial charge in [-0.25, -0.2) is 0 Å². The molecule has 0 N–H and O–H groups in total. The van der Waals surface area contributed by atoms with Crippen LogP contribution in [0, 0.1) is 6.92 Å². The number of Topliss-reactive ketones (excluding diaryl/α,β-unsaturated/α-hetero) is 1. The van der Waals surface area contributed by atoms with Crippen molar-refractivity contribution in [3.8, 4) is 5.75 Å². The predicted octanol–water partition coefficient (Wildman–Crippen LogP) is 5.13. The second-order valence-electron chi connectivity index (χ2n) is 7.01. The summed E-state index contributed by atoms with van der Waals surface area (Å²) < 4.78 is 7.90. The van der Waals surface area contributed by atoms with E-state index in [1.54, 1.807) is 0 Å². The number of fused-ring (bicyclic) bond motifs is 1. The van der Waals surface area contributed by atoms with Crippen molar-refractivity contribution in [2.45, 2.75) is 50.2 Å². The molecule has 0 aliphatic heterocycles. The van der Waals surface area contributed by atoms with Crippen molar-refractivity contribution in [3.05, 3.63) is 70.0 Å². The van der Waals surface area contributed by atoms with Gasteiger partial charge in [0.15, 0.2) is 16.8 Å². The van der Waals surface area contributed by atoms with Gasteiger partial charge in [0.1, 0.15) is 12.4 Å². The Morgan fingerprint density at radius 2 is 2.07 bits per heavy atom. The number of aromatic nitrogens is 3. The molecule has 1 atom stereocenters. The normalized spacial score (nSPS) is 16.0. The Morgan fingerprint density at radius 3 is 2.86 bits per heavy atom. The first-order chi connectivity index (χ1) is 14.1. The fraction of sp³-hybridized carbons (Fsp3) is 0.318. The van der Waals surface area contributed by atoms with Crippen LogP contribution in [-0.4, -0.2) is 25.8 Å². The van der Waals surface area contributed by atoms with E-state index in [-0.39, 0.29) is 11.0 Å². The summed E-state index contributed by atoms with van der Waals surface area (Å²) in [4.78, 5) is 12.9. The second kappa shape index (κ2) is 8.59. The molecule has 0 saturated carbocycles. The number of ether oxygens (including phenoxy) is 1. The molecule has 3 aromatic rings. The van der Waals surface area contributed by atoms with Gasteiger partial charge in [-0.05, 0) is 56.0 Å². The summed E-state index contributed by atoms with van der Waals surface area (Å²) in [6.07, 6.45) is 1.72. The fourth-order valence-corrected chi connectivity index (χ4v) is 4.79. The van der Waals surface area contributed by atoms with Gasteiger partial charge in [-0.15, -0.1) is 10.2 Å². The Bertz CT molecular complexity index is 1050. The molecule has 0 spiro atoms. The van der Waals surface area contributed by atoms with Crippen molar-refractivity contribution in [1.29, 1.82) is 0 Å². The maximum absolute atomic E-state index is 12.9. The average molecular weight is 428 g/mol. The molecule has 0 radical (unpaired) electrons. The van der Waals surface area contributed by atoms with E-state index < -0.39 is 0 Å². The predicted molar refractivity (Wildman–Crippen MR) is 115 cm³/mol. The molecular formula is C22H22ClN3O2S. The van der Waals surface area contributed by atoms with E-state index in [9.17, 15) is 4.79 Å².